The number of hydrogen-bond acceptors (Lipinski definition) is 5. The summed E-state index contributed by atoms with van der Waals surface area (Å²) >= 11 is 0. The first-order valence-corrected chi connectivity index (χ1v) is 10.3. The van der Waals surface area contributed by atoms with Crippen LogP contribution in [0.15, 0.2) is 24.3 Å². The maximum Gasteiger partial charge on any atom is 0.267 e. The molecule has 2 rings (SSSR count). The molecule has 1 aliphatic rings. The molecule has 0 spiro atoms. The Labute approximate surface area is 169 Å². The summed E-state index contributed by atoms with van der Waals surface area (Å²) in [6.45, 7) is 15.5. The van der Waals surface area contributed by atoms with E-state index in [1.165, 1.54) is 11.8 Å². The third-order valence-corrected chi connectivity index (χ3v) is 5.19. The molecule has 1 unspecified atom stereocenters. The lowest BCUT2D eigenvalue weighted by Crippen LogP contribution is -2.45. The van der Waals surface area contributed by atoms with Crippen molar-refractivity contribution in [3.8, 4) is 0 Å². The average Bonchev–Trinajstić information content (AvgIpc) is 2.95. The Morgan fingerprint density at radius 1 is 1.25 bits per heavy atom. The molecule has 1 atom stereocenters. The highest BCUT2D eigenvalue weighted by Gasteiger charge is 2.29. The molecular weight excluding hydrogens is 352 g/mol. The smallest absolute Gasteiger partial charge is 0.267 e. The molecule has 0 aromatic heterocycles. The second kappa shape index (κ2) is 9.94. The lowest BCUT2D eigenvalue weighted by Gasteiger charge is -2.35. The average molecular weight is 389 g/mol. The molecule has 3 N–H and O–H groups in total. The van der Waals surface area contributed by atoms with Crippen LogP contribution in [0.3, 0.4) is 0 Å². The van der Waals surface area contributed by atoms with E-state index < -0.39 is 5.91 Å². The summed E-state index contributed by atoms with van der Waals surface area (Å²) in [5, 5.41) is 12.3. The minimum atomic E-state index is -0.532. The van der Waals surface area contributed by atoms with Crippen molar-refractivity contribution < 1.29 is 10.0 Å². The molecule has 1 amide bonds. The van der Waals surface area contributed by atoms with Gasteiger partial charge in [-0.3, -0.25) is 14.9 Å². The van der Waals surface area contributed by atoms with Gasteiger partial charge < -0.3 is 10.2 Å². The number of carbonyl (C=O) groups is 1. The minimum absolute atomic E-state index is 0.274. The Bertz CT molecular complexity index is 677. The van der Waals surface area contributed by atoms with Gasteiger partial charge in [0.05, 0.1) is 17.5 Å². The molecule has 0 saturated carbocycles. The van der Waals surface area contributed by atoms with Gasteiger partial charge in [-0.2, -0.15) is 0 Å². The lowest BCUT2D eigenvalue weighted by molar-refractivity contribution is -0.124. The summed E-state index contributed by atoms with van der Waals surface area (Å²) in [7, 11) is 0. The van der Waals surface area contributed by atoms with Crippen LogP contribution in [-0.4, -0.2) is 47.4 Å². The van der Waals surface area contributed by atoms with Gasteiger partial charge in [0.1, 0.15) is 0 Å². The molecule has 1 aliphatic heterocycles. The molecule has 1 aromatic carbocycles. The van der Waals surface area contributed by atoms with E-state index in [0.29, 0.717) is 18.0 Å². The predicted molar refractivity (Wildman–Crippen MR) is 117 cm³/mol. The standard InChI is InChI=1S/C22H36N4O2/c1-15(2)13-21-23-19-14-18(8-10-22(27)24-28)7-9-20(19)26(21)12-11-25(16(3)4)17(5)6/h7-10,14-17,21,23,28H,11-13H2,1-6H3,(H,24,27)/b10-8+. The predicted octanol–water partition coefficient (Wildman–Crippen LogP) is 3.93. The fraction of sp³-hybridized carbons (Fsp3) is 0.591. The number of carbonyl (C=O) groups excluding carboxylic acids is 1. The van der Waals surface area contributed by atoms with E-state index in [2.05, 4.69) is 68.8 Å². The van der Waals surface area contributed by atoms with Crippen molar-refractivity contribution in [2.45, 2.75) is 66.2 Å². The van der Waals surface area contributed by atoms with Gasteiger partial charge in [-0.1, -0.05) is 19.9 Å². The third kappa shape index (κ3) is 5.72. The molecule has 0 bridgehead atoms. The molecule has 0 saturated heterocycles. The third-order valence-electron chi connectivity index (χ3n) is 5.19. The van der Waals surface area contributed by atoms with Crippen LogP contribution in [0.2, 0.25) is 0 Å². The molecule has 0 radical (unpaired) electrons. The highest BCUT2D eigenvalue weighted by molar-refractivity contribution is 5.91. The Hall–Kier alpha value is -2.05. The Kier molecular flexibility index (Phi) is 7.89. The molecule has 28 heavy (non-hydrogen) atoms. The van der Waals surface area contributed by atoms with E-state index in [1.54, 1.807) is 11.6 Å². The van der Waals surface area contributed by atoms with E-state index >= 15 is 0 Å². The van der Waals surface area contributed by atoms with Crippen LogP contribution in [0.25, 0.3) is 6.08 Å². The van der Waals surface area contributed by atoms with Crippen molar-refractivity contribution in [1.29, 1.82) is 0 Å². The largest absolute Gasteiger partial charge is 0.363 e. The van der Waals surface area contributed by atoms with Crippen LogP contribution in [0.1, 0.15) is 53.5 Å². The monoisotopic (exact) mass is 388 g/mol. The molecule has 0 aliphatic carbocycles. The summed E-state index contributed by atoms with van der Waals surface area (Å²) in [5.74, 6) is 0.0588. The van der Waals surface area contributed by atoms with Crippen LogP contribution in [0.4, 0.5) is 11.4 Å². The van der Waals surface area contributed by atoms with Crippen LogP contribution < -0.4 is 15.7 Å². The van der Waals surface area contributed by atoms with Gasteiger partial charge in [0, 0.05) is 31.2 Å². The number of benzene rings is 1. The van der Waals surface area contributed by atoms with Gasteiger partial charge >= 0.3 is 0 Å². The summed E-state index contributed by atoms with van der Waals surface area (Å²) in [6, 6.07) is 7.23. The van der Waals surface area contributed by atoms with Crippen LogP contribution in [0.5, 0.6) is 0 Å². The van der Waals surface area contributed by atoms with Gasteiger partial charge in [-0.25, -0.2) is 5.48 Å². The number of nitrogens with one attached hydrogen (secondary N) is 2. The zero-order valence-electron chi connectivity index (χ0n) is 18.1. The van der Waals surface area contributed by atoms with E-state index in [-0.39, 0.29) is 6.17 Å². The minimum Gasteiger partial charge on any atom is -0.363 e. The first kappa shape index (κ1) is 22.2. The van der Waals surface area contributed by atoms with E-state index in [4.69, 9.17) is 5.21 Å². The van der Waals surface area contributed by atoms with Crippen LogP contribution in [0, 0.1) is 5.92 Å². The van der Waals surface area contributed by atoms with Crippen LogP contribution >= 0.6 is 0 Å². The highest BCUT2D eigenvalue weighted by atomic mass is 16.5. The quantitative estimate of drug-likeness (QED) is 0.340. The molecule has 6 heteroatoms. The zero-order chi connectivity index (χ0) is 20.8. The van der Waals surface area contributed by atoms with Gasteiger partial charge in [-0.05, 0) is 63.8 Å². The molecule has 0 fully saturated rings. The zero-order valence-corrected chi connectivity index (χ0v) is 18.1. The van der Waals surface area contributed by atoms with Crippen LogP contribution in [-0.2, 0) is 4.79 Å². The van der Waals surface area contributed by atoms with E-state index in [9.17, 15) is 4.79 Å². The molecular formula is C22H36N4O2. The number of fused-ring (bicyclic) bond motifs is 1. The maximum absolute atomic E-state index is 11.2. The highest BCUT2D eigenvalue weighted by Crippen LogP contribution is 2.37. The number of hydrogen-bond donors (Lipinski definition) is 3. The topological polar surface area (TPSA) is 67.8 Å². The number of hydroxylamine groups is 1. The van der Waals surface area contributed by atoms with Gasteiger partial charge in [0.25, 0.3) is 5.91 Å². The lowest BCUT2D eigenvalue weighted by atomic mass is 10.1. The maximum atomic E-state index is 11.2. The summed E-state index contributed by atoms with van der Waals surface area (Å²) in [6.07, 6.45) is 4.36. The first-order chi connectivity index (χ1) is 13.2. The second-order valence-electron chi connectivity index (χ2n) is 8.49. The fourth-order valence-electron chi connectivity index (χ4n) is 3.90. The molecule has 1 heterocycles. The van der Waals surface area contributed by atoms with Crippen molar-refractivity contribution in [3.05, 3.63) is 29.8 Å². The van der Waals surface area contributed by atoms with Crippen molar-refractivity contribution in [2.75, 3.05) is 23.3 Å². The second-order valence-corrected chi connectivity index (χ2v) is 8.49. The van der Waals surface area contributed by atoms with Crippen molar-refractivity contribution >= 4 is 23.4 Å². The summed E-state index contributed by atoms with van der Waals surface area (Å²) in [5.41, 5.74) is 4.84. The number of nitrogens with zero attached hydrogens (tertiary/aromatic N) is 2. The van der Waals surface area contributed by atoms with Crippen molar-refractivity contribution in [3.63, 3.8) is 0 Å². The van der Waals surface area contributed by atoms with Gasteiger partial charge in [0.2, 0.25) is 0 Å². The van der Waals surface area contributed by atoms with Gasteiger partial charge in [-0.15, -0.1) is 0 Å². The van der Waals surface area contributed by atoms with E-state index in [1.807, 2.05) is 6.07 Å². The Morgan fingerprint density at radius 3 is 2.50 bits per heavy atom. The van der Waals surface area contributed by atoms with Crippen molar-refractivity contribution in [1.82, 2.24) is 10.4 Å². The van der Waals surface area contributed by atoms with Gasteiger partial charge in [0.15, 0.2) is 0 Å². The first-order valence-electron chi connectivity index (χ1n) is 10.3. The molecule has 156 valence electrons. The number of amides is 1. The molecule has 1 aromatic rings. The van der Waals surface area contributed by atoms with Crippen molar-refractivity contribution in [2.24, 2.45) is 5.92 Å². The number of rotatable bonds is 9. The summed E-state index contributed by atoms with van der Waals surface area (Å²) in [4.78, 5) is 16.2. The fourth-order valence-corrected chi connectivity index (χ4v) is 3.90. The van der Waals surface area contributed by atoms with E-state index in [0.717, 1.165) is 30.8 Å². The SMILES string of the molecule is CC(C)CC1Nc2cc(/C=C/C(=O)NO)ccc2N1CCN(C(C)C)C(C)C. The Balaban J connectivity index is 2.21. The molecule has 6 nitrogen and oxygen atoms in total. The normalized spacial score (nSPS) is 16.5. The summed E-state index contributed by atoms with van der Waals surface area (Å²) < 4.78 is 0. The Morgan fingerprint density at radius 2 is 1.93 bits per heavy atom. The number of anilines is 2.